The molecule has 1 amide bonds. The lowest BCUT2D eigenvalue weighted by atomic mass is 10.1. The van der Waals surface area contributed by atoms with Crippen LogP contribution in [-0.2, 0) is 17.9 Å². The summed E-state index contributed by atoms with van der Waals surface area (Å²) in [4.78, 5) is 15.1. The molecule has 3 rings (SSSR count). The number of nitrogens with one attached hydrogen (secondary N) is 1. The SMILES string of the molecule is CCC(Oc1cccc(Cl)c1)C(=O)NCc1cccc(CN2CCCCC2)c1. The lowest BCUT2D eigenvalue weighted by Gasteiger charge is -2.26. The van der Waals surface area contributed by atoms with Gasteiger partial charge in [0.05, 0.1) is 0 Å². The van der Waals surface area contributed by atoms with Gasteiger partial charge in [-0.15, -0.1) is 0 Å². The lowest BCUT2D eigenvalue weighted by molar-refractivity contribution is -0.128. The molecule has 2 aromatic rings. The number of rotatable bonds is 8. The van der Waals surface area contributed by atoms with Crippen LogP contribution in [0.5, 0.6) is 5.75 Å². The van der Waals surface area contributed by atoms with Crippen molar-refractivity contribution in [2.75, 3.05) is 13.1 Å². The first kappa shape index (κ1) is 20.7. The molecule has 0 aromatic heterocycles. The third kappa shape index (κ3) is 6.25. The Morgan fingerprint density at radius 3 is 2.61 bits per heavy atom. The molecule has 0 spiro atoms. The molecular weight excluding hydrogens is 372 g/mol. The van der Waals surface area contributed by atoms with Gasteiger partial charge in [-0.2, -0.15) is 0 Å². The van der Waals surface area contributed by atoms with E-state index in [0.29, 0.717) is 23.7 Å². The van der Waals surface area contributed by atoms with Crippen molar-refractivity contribution in [1.29, 1.82) is 0 Å². The van der Waals surface area contributed by atoms with Crippen LogP contribution in [-0.4, -0.2) is 30.0 Å². The van der Waals surface area contributed by atoms with E-state index in [0.717, 1.165) is 12.1 Å². The molecule has 1 unspecified atom stereocenters. The van der Waals surface area contributed by atoms with E-state index in [-0.39, 0.29) is 5.91 Å². The van der Waals surface area contributed by atoms with Crippen LogP contribution in [0.3, 0.4) is 0 Å². The van der Waals surface area contributed by atoms with Gasteiger partial charge in [-0.25, -0.2) is 0 Å². The number of likely N-dealkylation sites (tertiary alicyclic amines) is 1. The Morgan fingerprint density at radius 1 is 1.11 bits per heavy atom. The molecule has 1 aliphatic rings. The number of benzene rings is 2. The fraction of sp³-hybridized carbons (Fsp3) is 0.435. The molecule has 4 nitrogen and oxygen atoms in total. The Labute approximate surface area is 172 Å². The Bertz CT molecular complexity index is 775. The van der Waals surface area contributed by atoms with E-state index in [9.17, 15) is 4.79 Å². The average Bonchev–Trinajstić information content (AvgIpc) is 2.71. The van der Waals surface area contributed by atoms with Crippen LogP contribution in [0, 0.1) is 0 Å². The second-order valence-corrected chi connectivity index (χ2v) is 7.78. The normalized spacial score (nSPS) is 15.8. The third-order valence-electron chi connectivity index (χ3n) is 5.05. The number of hydrogen-bond acceptors (Lipinski definition) is 3. The van der Waals surface area contributed by atoms with E-state index in [1.165, 1.54) is 37.9 Å². The van der Waals surface area contributed by atoms with Crippen molar-refractivity contribution in [3.8, 4) is 5.75 Å². The van der Waals surface area contributed by atoms with Crippen molar-refractivity contribution < 1.29 is 9.53 Å². The highest BCUT2D eigenvalue weighted by atomic mass is 35.5. The van der Waals surface area contributed by atoms with Crippen LogP contribution in [0.2, 0.25) is 5.02 Å². The first-order valence-electron chi connectivity index (χ1n) is 10.1. The average molecular weight is 401 g/mol. The quantitative estimate of drug-likeness (QED) is 0.692. The van der Waals surface area contributed by atoms with Gasteiger partial charge in [-0.05, 0) is 61.7 Å². The van der Waals surface area contributed by atoms with Gasteiger partial charge in [0.2, 0.25) is 0 Å². The third-order valence-corrected chi connectivity index (χ3v) is 5.29. The first-order chi connectivity index (χ1) is 13.6. The summed E-state index contributed by atoms with van der Waals surface area (Å²) in [6.45, 7) is 5.79. The van der Waals surface area contributed by atoms with Crippen LogP contribution in [0.1, 0.15) is 43.7 Å². The maximum atomic E-state index is 12.6. The zero-order chi connectivity index (χ0) is 19.8. The van der Waals surface area contributed by atoms with Crippen molar-refractivity contribution in [2.45, 2.75) is 51.8 Å². The standard InChI is InChI=1S/C23H29ClN2O2/c1-2-22(28-21-11-7-10-20(24)15-21)23(27)25-16-18-8-6-9-19(14-18)17-26-12-4-3-5-13-26/h6-11,14-15,22H,2-5,12-13,16-17H2,1H3,(H,25,27). The number of ether oxygens (including phenoxy) is 1. The van der Waals surface area contributed by atoms with Gasteiger partial charge in [0.15, 0.2) is 6.10 Å². The van der Waals surface area contributed by atoms with Crippen molar-refractivity contribution in [3.05, 3.63) is 64.7 Å². The predicted molar refractivity (Wildman–Crippen MR) is 114 cm³/mol. The molecule has 1 atom stereocenters. The molecule has 5 heteroatoms. The summed E-state index contributed by atoms with van der Waals surface area (Å²) >= 11 is 5.99. The fourth-order valence-corrected chi connectivity index (χ4v) is 3.72. The van der Waals surface area contributed by atoms with E-state index < -0.39 is 6.10 Å². The van der Waals surface area contributed by atoms with E-state index in [1.807, 2.05) is 19.1 Å². The smallest absolute Gasteiger partial charge is 0.261 e. The van der Waals surface area contributed by atoms with Crippen LogP contribution < -0.4 is 10.1 Å². The minimum absolute atomic E-state index is 0.107. The van der Waals surface area contributed by atoms with Crippen LogP contribution in [0.25, 0.3) is 0 Å². The Hall–Kier alpha value is -2.04. The van der Waals surface area contributed by atoms with Gasteiger partial charge >= 0.3 is 0 Å². The molecule has 0 saturated carbocycles. The van der Waals surface area contributed by atoms with Crippen LogP contribution in [0.15, 0.2) is 48.5 Å². The van der Waals surface area contributed by atoms with Gasteiger partial charge in [0, 0.05) is 18.1 Å². The predicted octanol–water partition coefficient (Wildman–Crippen LogP) is 4.80. The van der Waals surface area contributed by atoms with Gasteiger partial charge < -0.3 is 10.1 Å². The fourth-order valence-electron chi connectivity index (χ4n) is 3.54. The van der Waals surface area contributed by atoms with Crippen LogP contribution >= 0.6 is 11.6 Å². The summed E-state index contributed by atoms with van der Waals surface area (Å²) in [6, 6.07) is 15.6. The number of carbonyl (C=O) groups is 1. The lowest BCUT2D eigenvalue weighted by Crippen LogP contribution is -2.37. The van der Waals surface area contributed by atoms with Gasteiger partial charge in [-0.3, -0.25) is 9.69 Å². The van der Waals surface area contributed by atoms with Gasteiger partial charge in [0.25, 0.3) is 5.91 Å². The molecule has 1 fully saturated rings. The summed E-state index contributed by atoms with van der Waals surface area (Å²) in [5.41, 5.74) is 2.41. The molecule has 1 saturated heterocycles. The number of amides is 1. The Balaban J connectivity index is 1.53. The molecule has 1 aliphatic heterocycles. The second-order valence-electron chi connectivity index (χ2n) is 7.35. The first-order valence-corrected chi connectivity index (χ1v) is 10.5. The van der Waals surface area contributed by atoms with E-state index in [2.05, 4.69) is 34.5 Å². The summed E-state index contributed by atoms with van der Waals surface area (Å²) in [5, 5.41) is 3.60. The van der Waals surface area contributed by atoms with Gasteiger partial charge in [-0.1, -0.05) is 55.3 Å². The largest absolute Gasteiger partial charge is 0.481 e. The zero-order valence-electron chi connectivity index (χ0n) is 16.5. The van der Waals surface area contributed by atoms with E-state index >= 15 is 0 Å². The summed E-state index contributed by atoms with van der Waals surface area (Å²) < 4.78 is 5.82. The van der Waals surface area contributed by atoms with Crippen molar-refractivity contribution >= 4 is 17.5 Å². The van der Waals surface area contributed by atoms with Crippen molar-refractivity contribution in [2.24, 2.45) is 0 Å². The highest BCUT2D eigenvalue weighted by molar-refractivity contribution is 6.30. The number of carbonyl (C=O) groups excluding carboxylic acids is 1. The minimum atomic E-state index is -0.532. The molecule has 150 valence electrons. The van der Waals surface area contributed by atoms with Crippen molar-refractivity contribution in [3.63, 3.8) is 0 Å². The molecule has 1 N–H and O–H groups in total. The van der Waals surface area contributed by atoms with Gasteiger partial charge in [0.1, 0.15) is 5.75 Å². The molecular formula is C23H29ClN2O2. The number of halogens is 1. The zero-order valence-corrected chi connectivity index (χ0v) is 17.3. The summed E-state index contributed by atoms with van der Waals surface area (Å²) in [6.07, 6.45) is 3.99. The summed E-state index contributed by atoms with van der Waals surface area (Å²) in [5.74, 6) is 0.502. The highest BCUT2D eigenvalue weighted by Crippen LogP contribution is 2.19. The number of piperidine rings is 1. The number of hydrogen-bond donors (Lipinski definition) is 1. The second kappa shape index (κ2) is 10.5. The molecule has 0 aliphatic carbocycles. The summed E-state index contributed by atoms with van der Waals surface area (Å²) in [7, 11) is 0. The monoisotopic (exact) mass is 400 g/mol. The van der Waals surface area contributed by atoms with E-state index in [4.69, 9.17) is 16.3 Å². The topological polar surface area (TPSA) is 41.6 Å². The maximum Gasteiger partial charge on any atom is 0.261 e. The molecule has 0 bridgehead atoms. The molecule has 2 aromatic carbocycles. The maximum absolute atomic E-state index is 12.6. The molecule has 28 heavy (non-hydrogen) atoms. The van der Waals surface area contributed by atoms with Crippen molar-refractivity contribution in [1.82, 2.24) is 10.2 Å². The molecule has 0 radical (unpaired) electrons. The Kier molecular flexibility index (Phi) is 7.75. The Morgan fingerprint density at radius 2 is 1.86 bits per heavy atom. The number of nitrogens with zero attached hydrogens (tertiary/aromatic N) is 1. The van der Waals surface area contributed by atoms with Crippen LogP contribution in [0.4, 0.5) is 0 Å². The minimum Gasteiger partial charge on any atom is -0.481 e. The highest BCUT2D eigenvalue weighted by Gasteiger charge is 2.18. The molecule has 1 heterocycles. The van der Waals surface area contributed by atoms with E-state index in [1.54, 1.807) is 12.1 Å².